The molecule has 3 rings (SSSR count). The van der Waals surface area contributed by atoms with Gasteiger partial charge in [-0.15, -0.1) is 0 Å². The molecule has 0 aliphatic rings. The van der Waals surface area contributed by atoms with E-state index in [2.05, 4.69) is 26.2 Å². The van der Waals surface area contributed by atoms with Gasteiger partial charge in [-0.05, 0) is 19.1 Å². The standard InChI is InChI=1S/C12H13N5/c1-7-15-10-3-2-8(4-11(10)16-7)12-9(5-13)6-14-17-12/h2-4,6H,5,13H2,1H3,(H,14,17)(H,15,16). The van der Waals surface area contributed by atoms with E-state index in [0.717, 1.165) is 33.7 Å². The second kappa shape index (κ2) is 3.71. The Labute approximate surface area is 98.1 Å². The Balaban J connectivity index is 2.17. The van der Waals surface area contributed by atoms with Gasteiger partial charge in [0.25, 0.3) is 0 Å². The number of aromatic nitrogens is 4. The predicted octanol–water partition coefficient (Wildman–Crippen LogP) is 1.72. The van der Waals surface area contributed by atoms with Crippen LogP contribution in [-0.2, 0) is 6.54 Å². The number of rotatable bonds is 2. The average molecular weight is 227 g/mol. The van der Waals surface area contributed by atoms with Gasteiger partial charge in [0, 0.05) is 17.7 Å². The number of aryl methyl sites for hydroxylation is 1. The fourth-order valence-corrected chi connectivity index (χ4v) is 2.01. The summed E-state index contributed by atoms with van der Waals surface area (Å²) in [7, 11) is 0. The molecule has 0 unspecified atom stereocenters. The minimum absolute atomic E-state index is 0.478. The van der Waals surface area contributed by atoms with Gasteiger partial charge in [0.15, 0.2) is 0 Å². The lowest BCUT2D eigenvalue weighted by molar-refractivity contribution is 1.08. The van der Waals surface area contributed by atoms with E-state index in [9.17, 15) is 0 Å². The summed E-state index contributed by atoms with van der Waals surface area (Å²) in [6, 6.07) is 6.08. The molecule has 0 aliphatic carbocycles. The van der Waals surface area contributed by atoms with Crippen molar-refractivity contribution in [2.45, 2.75) is 13.5 Å². The van der Waals surface area contributed by atoms with Crippen molar-refractivity contribution in [2.24, 2.45) is 5.73 Å². The van der Waals surface area contributed by atoms with E-state index in [1.807, 2.05) is 19.1 Å². The molecule has 2 aromatic heterocycles. The first-order valence-corrected chi connectivity index (χ1v) is 5.47. The smallest absolute Gasteiger partial charge is 0.104 e. The molecule has 0 saturated carbocycles. The van der Waals surface area contributed by atoms with Crippen LogP contribution in [0.1, 0.15) is 11.4 Å². The number of nitrogens with zero attached hydrogens (tertiary/aromatic N) is 2. The molecule has 0 saturated heterocycles. The fourth-order valence-electron chi connectivity index (χ4n) is 2.01. The summed E-state index contributed by atoms with van der Waals surface area (Å²) >= 11 is 0. The molecule has 1 aromatic carbocycles. The number of benzene rings is 1. The van der Waals surface area contributed by atoms with Crippen LogP contribution in [-0.4, -0.2) is 20.2 Å². The van der Waals surface area contributed by atoms with Gasteiger partial charge < -0.3 is 10.7 Å². The maximum Gasteiger partial charge on any atom is 0.104 e. The first-order chi connectivity index (χ1) is 8.28. The fraction of sp³-hybridized carbons (Fsp3) is 0.167. The molecule has 5 nitrogen and oxygen atoms in total. The van der Waals surface area contributed by atoms with Gasteiger partial charge in [0.1, 0.15) is 5.82 Å². The summed E-state index contributed by atoms with van der Waals surface area (Å²) in [4.78, 5) is 7.59. The first-order valence-electron chi connectivity index (χ1n) is 5.47. The van der Waals surface area contributed by atoms with Crippen LogP contribution in [0.3, 0.4) is 0 Å². The molecule has 0 spiro atoms. The van der Waals surface area contributed by atoms with Gasteiger partial charge in [-0.1, -0.05) is 6.07 Å². The number of hydrogen-bond acceptors (Lipinski definition) is 3. The Bertz CT molecular complexity index is 664. The zero-order valence-electron chi connectivity index (χ0n) is 9.49. The van der Waals surface area contributed by atoms with Crippen LogP contribution in [0.2, 0.25) is 0 Å². The molecule has 17 heavy (non-hydrogen) atoms. The normalized spacial score (nSPS) is 11.2. The van der Waals surface area contributed by atoms with Gasteiger partial charge in [-0.25, -0.2) is 4.98 Å². The molecule has 5 heteroatoms. The quantitative estimate of drug-likeness (QED) is 0.623. The van der Waals surface area contributed by atoms with E-state index >= 15 is 0 Å². The Morgan fingerprint density at radius 2 is 2.24 bits per heavy atom. The Hall–Kier alpha value is -2.14. The number of H-pyrrole nitrogens is 2. The van der Waals surface area contributed by atoms with Gasteiger partial charge in [-0.2, -0.15) is 5.10 Å². The van der Waals surface area contributed by atoms with Gasteiger partial charge >= 0.3 is 0 Å². The van der Waals surface area contributed by atoms with Crippen molar-refractivity contribution in [1.29, 1.82) is 0 Å². The molecule has 86 valence electrons. The highest BCUT2D eigenvalue weighted by atomic mass is 15.1. The lowest BCUT2D eigenvalue weighted by atomic mass is 10.1. The largest absolute Gasteiger partial charge is 0.342 e. The number of fused-ring (bicyclic) bond motifs is 1. The monoisotopic (exact) mass is 227 g/mol. The molecular formula is C12H13N5. The predicted molar refractivity (Wildman–Crippen MR) is 66.3 cm³/mol. The second-order valence-electron chi connectivity index (χ2n) is 4.03. The van der Waals surface area contributed by atoms with E-state index in [4.69, 9.17) is 5.73 Å². The van der Waals surface area contributed by atoms with Crippen LogP contribution in [0.5, 0.6) is 0 Å². The lowest BCUT2D eigenvalue weighted by Crippen LogP contribution is -1.96. The zero-order valence-corrected chi connectivity index (χ0v) is 9.49. The van der Waals surface area contributed by atoms with Crippen molar-refractivity contribution in [2.75, 3.05) is 0 Å². The summed E-state index contributed by atoms with van der Waals surface area (Å²) in [6.45, 7) is 2.42. The molecule has 3 aromatic rings. The molecule has 0 fully saturated rings. The third kappa shape index (κ3) is 1.60. The molecular weight excluding hydrogens is 214 g/mol. The SMILES string of the molecule is Cc1nc2ccc(-c3[nH]ncc3CN)cc2[nH]1. The van der Waals surface area contributed by atoms with Crippen LogP contribution >= 0.6 is 0 Å². The highest BCUT2D eigenvalue weighted by Gasteiger charge is 2.08. The molecule has 0 atom stereocenters. The number of nitrogens with one attached hydrogen (secondary N) is 2. The molecule has 0 aliphatic heterocycles. The molecule has 0 bridgehead atoms. The minimum Gasteiger partial charge on any atom is -0.342 e. The van der Waals surface area contributed by atoms with Gasteiger partial charge in [-0.3, -0.25) is 5.10 Å². The van der Waals surface area contributed by atoms with E-state index in [0.29, 0.717) is 6.54 Å². The average Bonchev–Trinajstić information content (AvgIpc) is 2.91. The molecule has 2 heterocycles. The first kappa shape index (κ1) is 10.0. The summed E-state index contributed by atoms with van der Waals surface area (Å²) in [5.74, 6) is 0.917. The summed E-state index contributed by atoms with van der Waals surface area (Å²) in [6.07, 6.45) is 1.76. The van der Waals surface area contributed by atoms with Crippen LogP contribution in [0.15, 0.2) is 24.4 Å². The van der Waals surface area contributed by atoms with E-state index in [1.165, 1.54) is 0 Å². The van der Waals surface area contributed by atoms with Crippen molar-refractivity contribution in [3.63, 3.8) is 0 Å². The highest BCUT2D eigenvalue weighted by Crippen LogP contribution is 2.24. The van der Waals surface area contributed by atoms with Crippen molar-refractivity contribution in [1.82, 2.24) is 20.2 Å². The number of imidazole rings is 1. The summed E-state index contributed by atoms with van der Waals surface area (Å²) in [5, 5.41) is 7.00. The third-order valence-corrected chi connectivity index (χ3v) is 2.83. The van der Waals surface area contributed by atoms with Crippen molar-refractivity contribution in [3.05, 3.63) is 35.8 Å². The Morgan fingerprint density at radius 1 is 1.35 bits per heavy atom. The van der Waals surface area contributed by atoms with Crippen LogP contribution in [0, 0.1) is 6.92 Å². The highest BCUT2D eigenvalue weighted by molar-refractivity contribution is 5.81. The van der Waals surface area contributed by atoms with E-state index in [-0.39, 0.29) is 0 Å². The van der Waals surface area contributed by atoms with E-state index < -0.39 is 0 Å². The number of hydrogen-bond donors (Lipinski definition) is 3. The Morgan fingerprint density at radius 3 is 3.06 bits per heavy atom. The number of aromatic amines is 2. The van der Waals surface area contributed by atoms with Crippen LogP contribution < -0.4 is 5.73 Å². The van der Waals surface area contributed by atoms with Gasteiger partial charge in [0.2, 0.25) is 0 Å². The van der Waals surface area contributed by atoms with E-state index in [1.54, 1.807) is 6.20 Å². The maximum atomic E-state index is 5.67. The summed E-state index contributed by atoms with van der Waals surface area (Å²) < 4.78 is 0. The number of nitrogens with two attached hydrogens (primary N) is 1. The second-order valence-corrected chi connectivity index (χ2v) is 4.03. The van der Waals surface area contributed by atoms with Crippen molar-refractivity contribution < 1.29 is 0 Å². The van der Waals surface area contributed by atoms with Crippen LogP contribution in [0.25, 0.3) is 22.3 Å². The topological polar surface area (TPSA) is 83.4 Å². The van der Waals surface area contributed by atoms with Crippen molar-refractivity contribution >= 4 is 11.0 Å². The lowest BCUT2D eigenvalue weighted by Gasteiger charge is -2.00. The van der Waals surface area contributed by atoms with Gasteiger partial charge in [0.05, 0.1) is 22.9 Å². The molecule has 4 N–H and O–H groups in total. The molecule has 0 amide bonds. The minimum atomic E-state index is 0.478. The Kier molecular flexibility index (Phi) is 2.19. The van der Waals surface area contributed by atoms with Crippen LogP contribution in [0.4, 0.5) is 0 Å². The molecule has 0 radical (unpaired) electrons. The third-order valence-electron chi connectivity index (χ3n) is 2.83. The zero-order chi connectivity index (χ0) is 11.8. The maximum absolute atomic E-state index is 5.67. The summed E-state index contributed by atoms with van der Waals surface area (Å²) in [5.41, 5.74) is 10.7. The van der Waals surface area contributed by atoms with Crippen molar-refractivity contribution in [3.8, 4) is 11.3 Å².